The first-order valence-corrected chi connectivity index (χ1v) is 12.0. The summed E-state index contributed by atoms with van der Waals surface area (Å²) in [7, 11) is 0. The van der Waals surface area contributed by atoms with Crippen LogP contribution in [0.4, 0.5) is 5.69 Å². The maximum Gasteiger partial charge on any atom is 0.239 e. The van der Waals surface area contributed by atoms with Crippen LogP contribution in [0.2, 0.25) is 0 Å². The summed E-state index contributed by atoms with van der Waals surface area (Å²) in [4.78, 5) is 29.0. The Morgan fingerprint density at radius 2 is 1.00 bits per heavy atom. The van der Waals surface area contributed by atoms with Crippen LogP contribution in [0.15, 0.2) is 77.3 Å². The normalized spacial score (nSPS) is 30.8. The average Bonchev–Trinajstić information content (AvgIpc) is 3.04. The minimum atomic E-state index is -0.753. The molecule has 0 saturated carbocycles. The Hall–Kier alpha value is -1.76. The van der Waals surface area contributed by atoms with E-state index < -0.39 is 20.5 Å². The molecule has 0 aromatic heterocycles. The molecule has 0 radical (unpaired) electrons. The molecule has 2 amide bonds. The van der Waals surface area contributed by atoms with E-state index in [1.54, 1.807) is 12.1 Å². The second kappa shape index (κ2) is 6.15. The van der Waals surface area contributed by atoms with Gasteiger partial charge < -0.3 is 0 Å². The lowest BCUT2D eigenvalue weighted by atomic mass is 9.54. The molecule has 3 nitrogen and oxygen atoms in total. The van der Waals surface area contributed by atoms with Gasteiger partial charge in [0, 0.05) is 4.47 Å². The lowest BCUT2D eigenvalue weighted by Gasteiger charge is -2.55. The van der Waals surface area contributed by atoms with E-state index in [2.05, 4.69) is 72.1 Å². The summed E-state index contributed by atoms with van der Waals surface area (Å²) >= 11 is 11.5. The van der Waals surface area contributed by atoms with Crippen LogP contribution in [0.1, 0.15) is 22.3 Å². The van der Waals surface area contributed by atoms with Gasteiger partial charge in [0.1, 0.15) is 0 Å². The number of anilines is 1. The van der Waals surface area contributed by atoms with Gasteiger partial charge in [-0.1, -0.05) is 96.3 Å². The number of alkyl halides is 2. The average molecular weight is 588 g/mol. The van der Waals surface area contributed by atoms with Crippen LogP contribution in [-0.2, 0) is 18.2 Å². The van der Waals surface area contributed by atoms with E-state index >= 15 is 0 Å². The number of benzene rings is 3. The smallest absolute Gasteiger partial charge is 0.239 e. The number of rotatable bonds is 1. The first kappa shape index (κ1) is 19.0. The van der Waals surface area contributed by atoms with Crippen molar-refractivity contribution in [3.8, 4) is 0 Å². The van der Waals surface area contributed by atoms with Crippen LogP contribution in [0, 0.1) is 11.8 Å². The maximum absolute atomic E-state index is 13.8. The zero-order valence-electron chi connectivity index (χ0n) is 15.5. The lowest BCUT2D eigenvalue weighted by molar-refractivity contribution is -0.122. The Balaban J connectivity index is 1.66. The van der Waals surface area contributed by atoms with Crippen molar-refractivity contribution in [2.45, 2.75) is 8.65 Å². The van der Waals surface area contributed by atoms with Crippen LogP contribution >= 0.6 is 47.8 Å². The molecule has 2 bridgehead atoms. The zero-order valence-corrected chi connectivity index (χ0v) is 20.2. The summed E-state index contributed by atoms with van der Waals surface area (Å²) in [5, 5.41) is 0. The number of carbonyl (C=O) groups excluding carboxylic acids is 2. The second-order valence-electron chi connectivity index (χ2n) is 7.96. The highest BCUT2D eigenvalue weighted by Gasteiger charge is 2.72. The molecule has 0 unspecified atom stereocenters. The van der Waals surface area contributed by atoms with Crippen molar-refractivity contribution in [3.05, 3.63) is 99.5 Å². The molecule has 148 valence electrons. The highest BCUT2D eigenvalue weighted by Crippen LogP contribution is 2.70. The fraction of sp³-hybridized carbons (Fsp3) is 0.167. The van der Waals surface area contributed by atoms with E-state index in [0.717, 1.165) is 26.7 Å². The van der Waals surface area contributed by atoms with Gasteiger partial charge in [-0.15, -0.1) is 0 Å². The molecule has 1 heterocycles. The predicted molar refractivity (Wildman–Crippen MR) is 126 cm³/mol. The lowest BCUT2D eigenvalue weighted by Crippen LogP contribution is -2.56. The second-order valence-corrected chi connectivity index (χ2v) is 11.4. The standard InChI is InChI=1S/C24H14Br3NO2/c25-13-9-11-14(12-10-13)28-21(29)19-20(22(28)30)24(27)16-6-2-1-5-15(16)23(19,26)17-7-3-4-8-18(17)24/h1-12,19-20H/t19-,20+,23?,24?. The molecule has 3 aliphatic carbocycles. The van der Waals surface area contributed by atoms with Gasteiger partial charge in [-0.05, 0) is 46.5 Å². The van der Waals surface area contributed by atoms with Gasteiger partial charge in [0.25, 0.3) is 0 Å². The van der Waals surface area contributed by atoms with Crippen molar-refractivity contribution in [2.24, 2.45) is 11.8 Å². The van der Waals surface area contributed by atoms with Crippen LogP contribution < -0.4 is 4.90 Å². The molecule has 7 rings (SSSR count). The summed E-state index contributed by atoms with van der Waals surface area (Å²) in [5.41, 5.74) is 4.77. The Labute approximate surface area is 198 Å². The monoisotopic (exact) mass is 585 g/mol. The largest absolute Gasteiger partial charge is 0.274 e. The van der Waals surface area contributed by atoms with E-state index in [0.29, 0.717) is 5.69 Å². The van der Waals surface area contributed by atoms with Crippen molar-refractivity contribution in [2.75, 3.05) is 4.90 Å². The quantitative estimate of drug-likeness (QED) is 0.264. The van der Waals surface area contributed by atoms with E-state index in [4.69, 9.17) is 0 Å². The van der Waals surface area contributed by atoms with Gasteiger partial charge in [-0.25, -0.2) is 4.90 Å². The van der Waals surface area contributed by atoms with Crippen molar-refractivity contribution in [1.29, 1.82) is 0 Å². The van der Waals surface area contributed by atoms with Crippen LogP contribution in [0.5, 0.6) is 0 Å². The summed E-state index contributed by atoms with van der Waals surface area (Å²) < 4.78 is -0.606. The predicted octanol–water partition coefficient (Wildman–Crippen LogP) is 5.86. The molecule has 1 aliphatic heterocycles. The van der Waals surface area contributed by atoms with Crippen LogP contribution in [0.25, 0.3) is 0 Å². The minimum Gasteiger partial charge on any atom is -0.274 e. The number of hydrogen-bond acceptors (Lipinski definition) is 2. The molecule has 3 aromatic carbocycles. The Morgan fingerprint density at radius 3 is 1.37 bits per heavy atom. The molecule has 0 spiro atoms. The first-order chi connectivity index (χ1) is 14.4. The highest BCUT2D eigenvalue weighted by molar-refractivity contribution is 9.10. The molecule has 6 heteroatoms. The summed E-state index contributed by atoms with van der Waals surface area (Å²) in [6.45, 7) is 0. The van der Waals surface area contributed by atoms with E-state index in [1.807, 2.05) is 36.4 Å². The van der Waals surface area contributed by atoms with Gasteiger partial charge in [-0.2, -0.15) is 0 Å². The molecule has 4 aliphatic rings. The van der Waals surface area contributed by atoms with Gasteiger partial charge in [0.2, 0.25) is 11.8 Å². The third-order valence-corrected chi connectivity index (χ3v) is 9.89. The Bertz CT molecular complexity index is 1130. The van der Waals surface area contributed by atoms with Crippen molar-refractivity contribution in [1.82, 2.24) is 0 Å². The number of carbonyl (C=O) groups is 2. The number of amides is 2. The molecule has 1 saturated heterocycles. The summed E-state index contributed by atoms with van der Waals surface area (Å²) in [6.07, 6.45) is 0. The Morgan fingerprint density at radius 1 is 0.633 bits per heavy atom. The molecule has 30 heavy (non-hydrogen) atoms. The molecular weight excluding hydrogens is 574 g/mol. The minimum absolute atomic E-state index is 0.169. The summed E-state index contributed by atoms with van der Waals surface area (Å²) in [5.74, 6) is -1.43. The third kappa shape index (κ3) is 2.05. The van der Waals surface area contributed by atoms with Gasteiger partial charge >= 0.3 is 0 Å². The highest BCUT2D eigenvalue weighted by atomic mass is 79.9. The molecular formula is C24H14Br3NO2. The van der Waals surface area contributed by atoms with E-state index in [9.17, 15) is 9.59 Å². The molecule has 2 atom stereocenters. The maximum atomic E-state index is 13.8. The van der Waals surface area contributed by atoms with Gasteiger partial charge in [0.05, 0.1) is 26.2 Å². The topological polar surface area (TPSA) is 37.4 Å². The third-order valence-electron chi connectivity index (χ3n) is 6.67. The SMILES string of the molecule is O=C1[C@@H]2[C@H](C(=O)N1c1ccc(Br)cc1)C1(Br)c3ccccc3C2(Br)c2ccccc21. The molecule has 0 N–H and O–H groups in total. The van der Waals surface area contributed by atoms with Crippen LogP contribution in [0.3, 0.4) is 0 Å². The molecule has 3 aromatic rings. The zero-order chi connectivity index (χ0) is 20.8. The fourth-order valence-corrected chi connectivity index (χ4v) is 8.08. The van der Waals surface area contributed by atoms with Crippen LogP contribution in [-0.4, -0.2) is 11.8 Å². The number of imide groups is 1. The first-order valence-electron chi connectivity index (χ1n) is 9.61. The Kier molecular flexibility index (Phi) is 3.89. The number of nitrogens with zero attached hydrogens (tertiary/aromatic N) is 1. The molecule has 1 fully saturated rings. The summed E-state index contributed by atoms with van der Waals surface area (Å²) in [6, 6.07) is 23.5. The van der Waals surface area contributed by atoms with Gasteiger partial charge in [-0.3, -0.25) is 9.59 Å². The number of hydrogen-bond donors (Lipinski definition) is 0. The number of halogens is 3. The van der Waals surface area contributed by atoms with E-state index in [1.165, 1.54) is 4.90 Å². The van der Waals surface area contributed by atoms with Crippen molar-refractivity contribution < 1.29 is 9.59 Å². The van der Waals surface area contributed by atoms with E-state index in [-0.39, 0.29) is 11.8 Å². The fourth-order valence-electron chi connectivity index (χ4n) is 5.51. The van der Waals surface area contributed by atoms with Gasteiger partial charge in [0.15, 0.2) is 0 Å². The van der Waals surface area contributed by atoms with Crippen molar-refractivity contribution >= 4 is 65.3 Å². The van der Waals surface area contributed by atoms with Crippen molar-refractivity contribution in [3.63, 3.8) is 0 Å².